The number of halogens is 2. The second-order valence-electron chi connectivity index (χ2n) is 3.07. The molecule has 0 saturated heterocycles. The van der Waals surface area contributed by atoms with Crippen LogP contribution in [0.15, 0.2) is 36.5 Å². The number of nitrogen functional groups attached to an aromatic ring is 1. The molecule has 0 saturated carbocycles. The Labute approximate surface area is 97.7 Å². The highest BCUT2D eigenvalue weighted by Crippen LogP contribution is 2.34. The van der Waals surface area contributed by atoms with Crippen LogP contribution < -0.4 is 5.73 Å². The Bertz CT molecular complexity index is 460. The average Bonchev–Trinajstić information content (AvgIpc) is 2.20. The van der Waals surface area contributed by atoms with Gasteiger partial charge in [-0.2, -0.15) is 0 Å². The van der Waals surface area contributed by atoms with Crippen molar-refractivity contribution in [3.8, 4) is 11.1 Å². The van der Waals surface area contributed by atoms with Gasteiger partial charge in [0.2, 0.25) is 0 Å². The molecular formula is C11H8Cl2N2. The van der Waals surface area contributed by atoms with Gasteiger partial charge >= 0.3 is 0 Å². The molecular weight excluding hydrogens is 231 g/mol. The van der Waals surface area contributed by atoms with Gasteiger partial charge in [-0.1, -0.05) is 29.3 Å². The maximum absolute atomic E-state index is 6.06. The smallest absolute Gasteiger partial charge is 0.123 e. The molecule has 4 heteroatoms. The Morgan fingerprint density at radius 3 is 2.20 bits per heavy atom. The second-order valence-corrected chi connectivity index (χ2v) is 3.88. The van der Waals surface area contributed by atoms with Gasteiger partial charge < -0.3 is 5.73 Å². The molecule has 1 aromatic heterocycles. The van der Waals surface area contributed by atoms with Gasteiger partial charge in [0.1, 0.15) is 5.82 Å². The third-order valence-corrected chi connectivity index (χ3v) is 2.67. The number of rotatable bonds is 1. The van der Waals surface area contributed by atoms with Crippen molar-refractivity contribution in [2.75, 3.05) is 5.73 Å². The highest BCUT2D eigenvalue weighted by Gasteiger charge is 2.07. The summed E-state index contributed by atoms with van der Waals surface area (Å²) in [5.74, 6) is 0.474. The molecule has 2 aromatic rings. The first-order valence-corrected chi connectivity index (χ1v) is 5.10. The minimum Gasteiger partial charge on any atom is -0.384 e. The highest BCUT2D eigenvalue weighted by molar-refractivity contribution is 6.39. The van der Waals surface area contributed by atoms with E-state index in [-0.39, 0.29) is 0 Å². The molecule has 0 aliphatic heterocycles. The predicted octanol–water partition coefficient (Wildman–Crippen LogP) is 3.64. The molecule has 0 aliphatic rings. The van der Waals surface area contributed by atoms with E-state index in [0.717, 1.165) is 11.1 Å². The zero-order chi connectivity index (χ0) is 10.8. The lowest BCUT2D eigenvalue weighted by Gasteiger charge is -2.06. The molecule has 1 aromatic carbocycles. The number of hydrogen-bond donors (Lipinski definition) is 1. The zero-order valence-electron chi connectivity index (χ0n) is 7.74. The first-order chi connectivity index (χ1) is 7.18. The number of benzene rings is 1. The van der Waals surface area contributed by atoms with Crippen molar-refractivity contribution in [1.82, 2.24) is 4.98 Å². The van der Waals surface area contributed by atoms with Crippen LogP contribution in [0.4, 0.5) is 5.82 Å². The zero-order valence-corrected chi connectivity index (χ0v) is 9.26. The van der Waals surface area contributed by atoms with E-state index in [0.29, 0.717) is 15.9 Å². The van der Waals surface area contributed by atoms with Crippen molar-refractivity contribution < 1.29 is 0 Å². The highest BCUT2D eigenvalue weighted by atomic mass is 35.5. The summed E-state index contributed by atoms with van der Waals surface area (Å²) in [4.78, 5) is 4.00. The lowest BCUT2D eigenvalue weighted by atomic mass is 10.1. The van der Waals surface area contributed by atoms with E-state index in [1.54, 1.807) is 30.5 Å². The molecule has 1 heterocycles. The molecule has 0 bridgehead atoms. The van der Waals surface area contributed by atoms with E-state index < -0.39 is 0 Å². The van der Waals surface area contributed by atoms with Crippen LogP contribution in [0.25, 0.3) is 11.1 Å². The minimum atomic E-state index is 0.474. The maximum atomic E-state index is 6.06. The molecule has 0 unspecified atom stereocenters. The Hall–Kier alpha value is -1.25. The van der Waals surface area contributed by atoms with Crippen LogP contribution in [0.3, 0.4) is 0 Å². The van der Waals surface area contributed by atoms with E-state index in [4.69, 9.17) is 28.9 Å². The molecule has 0 amide bonds. The van der Waals surface area contributed by atoms with Gasteiger partial charge in [0.15, 0.2) is 0 Å². The van der Waals surface area contributed by atoms with Crippen molar-refractivity contribution in [2.24, 2.45) is 0 Å². The Balaban J connectivity index is 2.58. The van der Waals surface area contributed by atoms with E-state index in [9.17, 15) is 0 Å². The Morgan fingerprint density at radius 1 is 1.00 bits per heavy atom. The Morgan fingerprint density at radius 2 is 1.67 bits per heavy atom. The predicted molar refractivity (Wildman–Crippen MR) is 64.1 cm³/mol. The second kappa shape index (κ2) is 4.09. The normalized spacial score (nSPS) is 10.3. The SMILES string of the molecule is Nc1ccc(-c2c(Cl)cccc2Cl)cn1. The standard InChI is InChI=1S/C11H8Cl2N2/c12-8-2-1-3-9(13)11(8)7-4-5-10(14)15-6-7/h1-6H,(H2,14,15). The fourth-order valence-corrected chi connectivity index (χ4v) is 1.94. The minimum absolute atomic E-state index is 0.474. The van der Waals surface area contributed by atoms with Crippen molar-refractivity contribution in [1.29, 1.82) is 0 Å². The van der Waals surface area contributed by atoms with Crippen LogP contribution in [-0.2, 0) is 0 Å². The summed E-state index contributed by atoms with van der Waals surface area (Å²) >= 11 is 12.1. The molecule has 0 spiro atoms. The summed E-state index contributed by atoms with van der Waals surface area (Å²) in [5, 5.41) is 1.21. The van der Waals surface area contributed by atoms with Crippen molar-refractivity contribution in [2.45, 2.75) is 0 Å². The van der Waals surface area contributed by atoms with Crippen LogP contribution in [0.1, 0.15) is 0 Å². The van der Waals surface area contributed by atoms with E-state index in [1.807, 2.05) is 6.07 Å². The summed E-state index contributed by atoms with van der Waals surface area (Å²) < 4.78 is 0. The number of pyridine rings is 1. The summed E-state index contributed by atoms with van der Waals surface area (Å²) in [6, 6.07) is 8.95. The molecule has 2 N–H and O–H groups in total. The van der Waals surface area contributed by atoms with E-state index in [1.165, 1.54) is 0 Å². The fourth-order valence-electron chi connectivity index (χ4n) is 1.33. The number of aromatic nitrogens is 1. The molecule has 2 nitrogen and oxygen atoms in total. The monoisotopic (exact) mass is 238 g/mol. The third-order valence-electron chi connectivity index (χ3n) is 2.04. The number of anilines is 1. The van der Waals surface area contributed by atoms with Gasteiger partial charge in [0.05, 0.1) is 0 Å². The van der Waals surface area contributed by atoms with Gasteiger partial charge in [-0.05, 0) is 24.3 Å². The first kappa shape index (κ1) is 10.3. The quantitative estimate of drug-likeness (QED) is 0.825. The topological polar surface area (TPSA) is 38.9 Å². The molecule has 0 fully saturated rings. The number of hydrogen-bond acceptors (Lipinski definition) is 2. The lowest BCUT2D eigenvalue weighted by molar-refractivity contribution is 1.34. The summed E-state index contributed by atoms with van der Waals surface area (Å²) in [6.07, 6.45) is 1.66. The van der Waals surface area contributed by atoms with Crippen molar-refractivity contribution >= 4 is 29.0 Å². The van der Waals surface area contributed by atoms with Crippen LogP contribution in [0, 0.1) is 0 Å². The van der Waals surface area contributed by atoms with Crippen molar-refractivity contribution in [3.63, 3.8) is 0 Å². The average molecular weight is 239 g/mol. The van der Waals surface area contributed by atoms with Gasteiger partial charge in [-0.15, -0.1) is 0 Å². The molecule has 2 rings (SSSR count). The lowest BCUT2D eigenvalue weighted by Crippen LogP contribution is -1.89. The van der Waals surface area contributed by atoms with Gasteiger partial charge in [-0.25, -0.2) is 4.98 Å². The molecule has 15 heavy (non-hydrogen) atoms. The third kappa shape index (κ3) is 2.06. The molecule has 0 radical (unpaired) electrons. The molecule has 0 aliphatic carbocycles. The van der Waals surface area contributed by atoms with Crippen LogP contribution >= 0.6 is 23.2 Å². The van der Waals surface area contributed by atoms with Gasteiger partial charge in [-0.3, -0.25) is 0 Å². The summed E-state index contributed by atoms with van der Waals surface area (Å²) in [6.45, 7) is 0. The molecule has 76 valence electrons. The van der Waals surface area contributed by atoms with Gasteiger partial charge in [0.25, 0.3) is 0 Å². The molecule has 0 atom stereocenters. The number of nitrogens with two attached hydrogens (primary N) is 1. The van der Waals surface area contributed by atoms with Crippen LogP contribution in [-0.4, -0.2) is 4.98 Å². The van der Waals surface area contributed by atoms with Crippen LogP contribution in [0.5, 0.6) is 0 Å². The fraction of sp³-hybridized carbons (Fsp3) is 0. The van der Waals surface area contributed by atoms with E-state index in [2.05, 4.69) is 4.98 Å². The largest absolute Gasteiger partial charge is 0.384 e. The van der Waals surface area contributed by atoms with Gasteiger partial charge in [0, 0.05) is 27.4 Å². The Kier molecular flexibility index (Phi) is 2.80. The van der Waals surface area contributed by atoms with Crippen molar-refractivity contribution in [3.05, 3.63) is 46.6 Å². The first-order valence-electron chi connectivity index (χ1n) is 4.34. The maximum Gasteiger partial charge on any atom is 0.123 e. The summed E-state index contributed by atoms with van der Waals surface area (Å²) in [7, 11) is 0. The van der Waals surface area contributed by atoms with Crippen LogP contribution in [0.2, 0.25) is 10.0 Å². The van der Waals surface area contributed by atoms with E-state index >= 15 is 0 Å². The summed E-state index contributed by atoms with van der Waals surface area (Å²) in [5.41, 5.74) is 7.15. The number of nitrogens with zero attached hydrogens (tertiary/aromatic N) is 1.